The molecule has 2 aromatic rings. The summed E-state index contributed by atoms with van der Waals surface area (Å²) in [7, 11) is 4.15. The van der Waals surface area contributed by atoms with E-state index in [0.717, 1.165) is 29.7 Å². The third kappa shape index (κ3) is 3.96. The van der Waals surface area contributed by atoms with Gasteiger partial charge in [-0.15, -0.1) is 0 Å². The minimum Gasteiger partial charge on any atom is -0.355 e. The SMILES string of the molecule is CN(CCNC(=O)Cc1cn(C)c2ncccc12)C1CCCCC1. The number of amides is 1. The average Bonchev–Trinajstić information content (AvgIpc) is 2.92. The summed E-state index contributed by atoms with van der Waals surface area (Å²) in [4.78, 5) is 19.0. The van der Waals surface area contributed by atoms with E-state index < -0.39 is 0 Å². The summed E-state index contributed by atoms with van der Waals surface area (Å²) in [5.74, 6) is 0.0865. The number of aryl methyl sites for hydroxylation is 1. The lowest BCUT2D eigenvalue weighted by Crippen LogP contribution is -2.39. The fraction of sp³-hybridized carbons (Fsp3) is 0.579. The number of aromatic nitrogens is 2. The van der Waals surface area contributed by atoms with Crippen LogP contribution >= 0.6 is 0 Å². The Hall–Kier alpha value is -1.88. The molecule has 0 spiro atoms. The van der Waals surface area contributed by atoms with Gasteiger partial charge in [0.25, 0.3) is 0 Å². The molecule has 5 nitrogen and oxygen atoms in total. The van der Waals surface area contributed by atoms with Crippen LogP contribution in [0.25, 0.3) is 11.0 Å². The molecular formula is C19H28N4O. The maximum atomic E-state index is 12.3. The highest BCUT2D eigenvalue weighted by molar-refractivity contribution is 5.87. The van der Waals surface area contributed by atoms with Crippen molar-refractivity contribution >= 4 is 16.9 Å². The summed E-state index contributed by atoms with van der Waals surface area (Å²) in [6.07, 6.45) is 10.9. The second-order valence-corrected chi connectivity index (χ2v) is 6.94. The molecule has 1 fully saturated rings. The quantitative estimate of drug-likeness (QED) is 0.886. The van der Waals surface area contributed by atoms with Gasteiger partial charge in [0.2, 0.25) is 5.91 Å². The number of rotatable bonds is 6. The molecule has 0 saturated heterocycles. The van der Waals surface area contributed by atoms with E-state index in [4.69, 9.17) is 0 Å². The van der Waals surface area contributed by atoms with Crippen LogP contribution in [0.1, 0.15) is 37.7 Å². The maximum Gasteiger partial charge on any atom is 0.224 e. The number of carbonyl (C=O) groups excluding carboxylic acids is 1. The van der Waals surface area contributed by atoms with E-state index in [2.05, 4.69) is 22.2 Å². The van der Waals surface area contributed by atoms with Crippen LogP contribution in [0.3, 0.4) is 0 Å². The lowest BCUT2D eigenvalue weighted by Gasteiger charge is -2.31. The Morgan fingerprint density at radius 2 is 2.17 bits per heavy atom. The van der Waals surface area contributed by atoms with Gasteiger partial charge in [-0.2, -0.15) is 0 Å². The van der Waals surface area contributed by atoms with Crippen molar-refractivity contribution in [2.75, 3.05) is 20.1 Å². The fourth-order valence-electron chi connectivity index (χ4n) is 3.75. The Morgan fingerprint density at radius 3 is 2.96 bits per heavy atom. The first kappa shape index (κ1) is 17.0. The topological polar surface area (TPSA) is 50.2 Å². The van der Waals surface area contributed by atoms with Crippen LogP contribution in [-0.4, -0.2) is 46.5 Å². The molecular weight excluding hydrogens is 300 g/mol. The molecule has 0 aromatic carbocycles. The number of fused-ring (bicyclic) bond motifs is 1. The van der Waals surface area contributed by atoms with E-state index in [-0.39, 0.29) is 5.91 Å². The third-order valence-corrected chi connectivity index (χ3v) is 5.15. The van der Waals surface area contributed by atoms with Gasteiger partial charge < -0.3 is 14.8 Å². The molecule has 0 atom stereocenters. The summed E-state index contributed by atoms with van der Waals surface area (Å²) in [5, 5.41) is 4.13. The summed E-state index contributed by atoms with van der Waals surface area (Å²) in [5.41, 5.74) is 1.97. The largest absolute Gasteiger partial charge is 0.355 e. The molecule has 1 aliphatic carbocycles. The highest BCUT2D eigenvalue weighted by atomic mass is 16.1. The van der Waals surface area contributed by atoms with E-state index in [1.165, 1.54) is 32.1 Å². The van der Waals surface area contributed by atoms with Gasteiger partial charge in [0.05, 0.1) is 6.42 Å². The first-order valence-electron chi connectivity index (χ1n) is 9.01. The molecule has 1 N–H and O–H groups in total. The van der Waals surface area contributed by atoms with Gasteiger partial charge in [-0.25, -0.2) is 4.98 Å². The van der Waals surface area contributed by atoms with Gasteiger partial charge in [-0.3, -0.25) is 4.79 Å². The van der Waals surface area contributed by atoms with Crippen molar-refractivity contribution in [1.29, 1.82) is 0 Å². The van der Waals surface area contributed by atoms with Gasteiger partial charge in [0.1, 0.15) is 5.65 Å². The predicted molar refractivity (Wildman–Crippen MR) is 96.9 cm³/mol. The van der Waals surface area contributed by atoms with Gasteiger partial charge in [0.15, 0.2) is 0 Å². The second-order valence-electron chi connectivity index (χ2n) is 6.94. The molecule has 0 radical (unpaired) electrons. The van der Waals surface area contributed by atoms with Crippen LogP contribution in [0.5, 0.6) is 0 Å². The van der Waals surface area contributed by atoms with Crippen LogP contribution in [0.4, 0.5) is 0 Å². The van der Waals surface area contributed by atoms with Crippen LogP contribution in [-0.2, 0) is 18.3 Å². The van der Waals surface area contributed by atoms with E-state index in [1.807, 2.05) is 29.9 Å². The standard InChI is InChI=1S/C19H28N4O/c1-22(16-7-4-3-5-8-16)12-11-20-18(24)13-15-14-23(2)19-17(15)9-6-10-21-19/h6,9-10,14,16H,3-5,7-8,11-13H2,1-2H3,(H,20,24). The average molecular weight is 328 g/mol. The van der Waals surface area contributed by atoms with Crippen molar-refractivity contribution in [1.82, 2.24) is 19.8 Å². The zero-order valence-corrected chi connectivity index (χ0v) is 14.8. The number of pyridine rings is 1. The van der Waals surface area contributed by atoms with Crippen molar-refractivity contribution in [2.24, 2.45) is 7.05 Å². The molecule has 3 rings (SSSR count). The number of carbonyl (C=O) groups is 1. The molecule has 24 heavy (non-hydrogen) atoms. The van der Waals surface area contributed by atoms with Crippen LogP contribution in [0.15, 0.2) is 24.5 Å². The third-order valence-electron chi connectivity index (χ3n) is 5.15. The molecule has 1 amide bonds. The maximum absolute atomic E-state index is 12.3. The van der Waals surface area contributed by atoms with Gasteiger partial charge >= 0.3 is 0 Å². The summed E-state index contributed by atoms with van der Waals surface area (Å²) in [6, 6.07) is 4.64. The number of hydrogen-bond acceptors (Lipinski definition) is 3. The highest BCUT2D eigenvalue weighted by Gasteiger charge is 2.17. The number of likely N-dealkylation sites (N-methyl/N-ethyl adjacent to an activating group) is 1. The first-order valence-corrected chi connectivity index (χ1v) is 9.01. The van der Waals surface area contributed by atoms with E-state index >= 15 is 0 Å². The zero-order chi connectivity index (χ0) is 16.9. The number of nitrogens with one attached hydrogen (secondary N) is 1. The molecule has 1 aliphatic rings. The number of nitrogens with zero attached hydrogens (tertiary/aromatic N) is 3. The normalized spacial score (nSPS) is 16.0. The summed E-state index contributed by atoms with van der Waals surface area (Å²) < 4.78 is 1.98. The van der Waals surface area contributed by atoms with Crippen LogP contribution in [0, 0.1) is 0 Å². The molecule has 0 unspecified atom stereocenters. The van der Waals surface area contributed by atoms with E-state index in [1.54, 1.807) is 6.20 Å². The summed E-state index contributed by atoms with van der Waals surface area (Å²) in [6.45, 7) is 1.64. The molecule has 0 aliphatic heterocycles. The summed E-state index contributed by atoms with van der Waals surface area (Å²) >= 11 is 0. The Kier molecular flexibility index (Phi) is 5.51. The smallest absolute Gasteiger partial charge is 0.224 e. The van der Waals surface area contributed by atoms with Crippen LogP contribution < -0.4 is 5.32 Å². The van der Waals surface area contributed by atoms with Gasteiger partial charge in [0, 0.05) is 44.0 Å². The van der Waals surface area contributed by atoms with Crippen molar-refractivity contribution in [3.8, 4) is 0 Å². The lowest BCUT2D eigenvalue weighted by atomic mass is 9.94. The van der Waals surface area contributed by atoms with Gasteiger partial charge in [-0.05, 0) is 37.6 Å². The molecule has 0 bridgehead atoms. The highest BCUT2D eigenvalue weighted by Crippen LogP contribution is 2.21. The van der Waals surface area contributed by atoms with Crippen LogP contribution in [0.2, 0.25) is 0 Å². The second kappa shape index (κ2) is 7.79. The molecule has 2 heterocycles. The van der Waals surface area contributed by atoms with Crippen molar-refractivity contribution in [3.63, 3.8) is 0 Å². The lowest BCUT2D eigenvalue weighted by molar-refractivity contribution is -0.120. The first-order chi connectivity index (χ1) is 11.6. The van der Waals surface area contributed by atoms with Crippen molar-refractivity contribution in [2.45, 2.75) is 44.6 Å². The Balaban J connectivity index is 1.48. The number of hydrogen-bond donors (Lipinski definition) is 1. The van der Waals surface area contributed by atoms with E-state index in [0.29, 0.717) is 12.5 Å². The predicted octanol–water partition coefficient (Wildman–Crippen LogP) is 2.50. The van der Waals surface area contributed by atoms with Crippen molar-refractivity contribution in [3.05, 3.63) is 30.1 Å². The molecule has 5 heteroatoms. The fourth-order valence-corrected chi connectivity index (χ4v) is 3.75. The van der Waals surface area contributed by atoms with Gasteiger partial charge in [-0.1, -0.05) is 19.3 Å². The Bertz CT molecular complexity index is 688. The van der Waals surface area contributed by atoms with Crippen molar-refractivity contribution < 1.29 is 4.79 Å². The molecule has 1 saturated carbocycles. The molecule has 2 aromatic heterocycles. The van der Waals surface area contributed by atoms with E-state index in [9.17, 15) is 4.79 Å². The zero-order valence-electron chi connectivity index (χ0n) is 14.8. The Morgan fingerprint density at radius 1 is 1.38 bits per heavy atom. The monoisotopic (exact) mass is 328 g/mol. The minimum atomic E-state index is 0.0865. The minimum absolute atomic E-state index is 0.0865. The molecule has 130 valence electrons. The Labute approximate surface area is 144 Å².